The first-order valence-electron chi connectivity index (χ1n) is 8.34. The van der Waals surface area contributed by atoms with E-state index in [1.165, 1.54) is 67.3 Å². The monoisotopic (exact) mass is 313 g/mol. The summed E-state index contributed by atoms with van der Waals surface area (Å²) in [5, 5.41) is 4.65. The fourth-order valence-corrected chi connectivity index (χ4v) is 4.68. The van der Waals surface area contributed by atoms with Crippen LogP contribution in [0.3, 0.4) is 0 Å². The van der Waals surface area contributed by atoms with Crippen LogP contribution in [0.2, 0.25) is 0 Å². The molecule has 2 aromatic rings. The van der Waals surface area contributed by atoms with E-state index in [9.17, 15) is 0 Å². The van der Waals surface area contributed by atoms with Crippen molar-refractivity contribution in [2.24, 2.45) is 0 Å². The van der Waals surface area contributed by atoms with Gasteiger partial charge < -0.3 is 4.90 Å². The van der Waals surface area contributed by atoms with Crippen molar-refractivity contribution in [3.05, 3.63) is 47.8 Å². The third-order valence-corrected chi connectivity index (χ3v) is 5.91. The van der Waals surface area contributed by atoms with Gasteiger partial charge in [-0.3, -0.25) is 0 Å². The van der Waals surface area contributed by atoms with Crippen LogP contribution in [0.15, 0.2) is 36.5 Å². The molecule has 1 aliphatic carbocycles. The molecule has 1 unspecified atom stereocenters. The largest absolute Gasteiger partial charge is 0.302 e. The second-order valence-corrected chi connectivity index (χ2v) is 7.50. The minimum absolute atomic E-state index is 0.710. The molecule has 22 heavy (non-hydrogen) atoms. The lowest BCUT2D eigenvalue weighted by molar-refractivity contribution is 0.288. The molecular formula is C18H23N3S. The number of thioether (sulfide) groups is 1. The predicted molar refractivity (Wildman–Crippen MR) is 93.0 cm³/mol. The van der Waals surface area contributed by atoms with Gasteiger partial charge in [0.15, 0.2) is 0 Å². The zero-order chi connectivity index (χ0) is 14.8. The van der Waals surface area contributed by atoms with Crippen LogP contribution in [0.1, 0.15) is 30.0 Å². The van der Waals surface area contributed by atoms with Gasteiger partial charge in [0.25, 0.3) is 0 Å². The number of aromatic nitrogens is 2. The molecule has 4 rings (SSSR count). The average molecular weight is 313 g/mol. The van der Waals surface area contributed by atoms with E-state index in [1.807, 2.05) is 0 Å². The van der Waals surface area contributed by atoms with Gasteiger partial charge in [-0.2, -0.15) is 16.9 Å². The van der Waals surface area contributed by atoms with Crippen molar-refractivity contribution in [2.75, 3.05) is 31.1 Å². The first-order chi connectivity index (χ1) is 10.9. The standard InChI is InChI=1S/C18H23N3S/c1-2-4-16(5-3-1)21-18-7-6-15(17(18)14-19-21)8-9-20-10-12-22-13-11-20/h1-5,14-15H,6-13H2. The molecule has 1 aliphatic heterocycles. The van der Waals surface area contributed by atoms with Crippen LogP contribution in [0.25, 0.3) is 5.69 Å². The van der Waals surface area contributed by atoms with Crippen LogP contribution in [0.5, 0.6) is 0 Å². The van der Waals surface area contributed by atoms with Gasteiger partial charge in [0.05, 0.1) is 11.9 Å². The summed E-state index contributed by atoms with van der Waals surface area (Å²) in [5.74, 6) is 3.33. The van der Waals surface area contributed by atoms with Gasteiger partial charge in [0, 0.05) is 30.3 Å². The summed E-state index contributed by atoms with van der Waals surface area (Å²) in [6.07, 6.45) is 5.87. The maximum atomic E-state index is 4.65. The highest BCUT2D eigenvalue weighted by Gasteiger charge is 2.27. The van der Waals surface area contributed by atoms with E-state index in [4.69, 9.17) is 0 Å². The van der Waals surface area contributed by atoms with Crippen molar-refractivity contribution in [3.8, 4) is 5.69 Å². The van der Waals surface area contributed by atoms with Gasteiger partial charge in [-0.05, 0) is 49.4 Å². The molecule has 0 spiro atoms. The van der Waals surface area contributed by atoms with Crippen molar-refractivity contribution in [1.29, 1.82) is 0 Å². The molecule has 1 atom stereocenters. The highest BCUT2D eigenvalue weighted by atomic mass is 32.2. The van der Waals surface area contributed by atoms with E-state index in [-0.39, 0.29) is 0 Å². The zero-order valence-corrected chi connectivity index (χ0v) is 13.8. The van der Waals surface area contributed by atoms with Crippen molar-refractivity contribution in [2.45, 2.75) is 25.2 Å². The lowest BCUT2D eigenvalue weighted by Gasteiger charge is -2.27. The molecule has 0 N–H and O–H groups in total. The number of benzene rings is 1. The normalized spacial score (nSPS) is 21.9. The van der Waals surface area contributed by atoms with E-state index >= 15 is 0 Å². The molecule has 0 radical (unpaired) electrons. The molecule has 116 valence electrons. The third kappa shape index (κ3) is 2.82. The summed E-state index contributed by atoms with van der Waals surface area (Å²) in [6, 6.07) is 10.5. The van der Waals surface area contributed by atoms with E-state index in [2.05, 4.69) is 63.0 Å². The van der Waals surface area contributed by atoms with E-state index in [1.54, 1.807) is 0 Å². The maximum absolute atomic E-state index is 4.65. The molecule has 0 saturated carbocycles. The fourth-order valence-electron chi connectivity index (χ4n) is 3.70. The van der Waals surface area contributed by atoms with Gasteiger partial charge >= 0.3 is 0 Å². The Morgan fingerprint density at radius 3 is 2.77 bits per heavy atom. The highest BCUT2D eigenvalue weighted by molar-refractivity contribution is 7.99. The summed E-state index contributed by atoms with van der Waals surface area (Å²) in [5.41, 5.74) is 4.12. The second kappa shape index (κ2) is 6.47. The second-order valence-electron chi connectivity index (χ2n) is 6.27. The maximum Gasteiger partial charge on any atom is 0.0648 e. The Morgan fingerprint density at radius 2 is 1.95 bits per heavy atom. The first kappa shape index (κ1) is 14.3. The van der Waals surface area contributed by atoms with Crippen LogP contribution >= 0.6 is 11.8 Å². The lowest BCUT2D eigenvalue weighted by Crippen LogP contribution is -2.33. The molecule has 1 aromatic heterocycles. The van der Waals surface area contributed by atoms with Gasteiger partial charge in [0.2, 0.25) is 0 Å². The van der Waals surface area contributed by atoms with Crippen LogP contribution in [-0.4, -0.2) is 45.8 Å². The van der Waals surface area contributed by atoms with Crippen LogP contribution in [0, 0.1) is 0 Å². The highest BCUT2D eigenvalue weighted by Crippen LogP contribution is 2.36. The van der Waals surface area contributed by atoms with Gasteiger partial charge in [0.1, 0.15) is 0 Å². The summed E-state index contributed by atoms with van der Waals surface area (Å²) in [6.45, 7) is 3.79. The molecule has 4 heteroatoms. The van der Waals surface area contributed by atoms with Crippen molar-refractivity contribution < 1.29 is 0 Å². The van der Waals surface area contributed by atoms with Gasteiger partial charge in [-0.25, -0.2) is 4.68 Å². The van der Waals surface area contributed by atoms with Gasteiger partial charge in [-0.1, -0.05) is 18.2 Å². The molecule has 1 aromatic carbocycles. The van der Waals surface area contributed by atoms with Crippen molar-refractivity contribution in [3.63, 3.8) is 0 Å². The summed E-state index contributed by atoms with van der Waals surface area (Å²) >= 11 is 2.09. The topological polar surface area (TPSA) is 21.1 Å². The summed E-state index contributed by atoms with van der Waals surface area (Å²) in [4.78, 5) is 2.64. The summed E-state index contributed by atoms with van der Waals surface area (Å²) in [7, 11) is 0. The van der Waals surface area contributed by atoms with Crippen LogP contribution in [-0.2, 0) is 6.42 Å². The van der Waals surface area contributed by atoms with Crippen molar-refractivity contribution in [1.82, 2.24) is 14.7 Å². The number of para-hydroxylation sites is 1. The van der Waals surface area contributed by atoms with E-state index < -0.39 is 0 Å². The number of hydrogen-bond acceptors (Lipinski definition) is 3. The van der Waals surface area contributed by atoms with E-state index in [0.717, 1.165) is 0 Å². The quantitative estimate of drug-likeness (QED) is 0.864. The van der Waals surface area contributed by atoms with Gasteiger partial charge in [-0.15, -0.1) is 0 Å². The Kier molecular flexibility index (Phi) is 4.22. The Labute approximate surface area is 136 Å². The first-order valence-corrected chi connectivity index (χ1v) is 9.49. The third-order valence-electron chi connectivity index (χ3n) is 4.97. The lowest BCUT2D eigenvalue weighted by atomic mass is 10.00. The van der Waals surface area contributed by atoms with Crippen molar-refractivity contribution >= 4 is 11.8 Å². The number of fused-ring (bicyclic) bond motifs is 1. The summed E-state index contributed by atoms with van der Waals surface area (Å²) < 4.78 is 2.15. The molecule has 2 aliphatic rings. The molecule has 1 saturated heterocycles. The molecule has 1 fully saturated rings. The minimum atomic E-state index is 0.710. The Balaban J connectivity index is 1.45. The SMILES string of the molecule is c1ccc(-n2ncc3c2CCC3CCN2CCSCC2)cc1. The predicted octanol–water partition coefficient (Wildman–Crippen LogP) is 3.34. The Hall–Kier alpha value is -1.26. The molecule has 3 nitrogen and oxygen atoms in total. The smallest absolute Gasteiger partial charge is 0.0648 e. The number of hydrogen-bond donors (Lipinski definition) is 0. The molecule has 0 amide bonds. The number of nitrogens with zero attached hydrogens (tertiary/aromatic N) is 3. The average Bonchev–Trinajstić information content (AvgIpc) is 3.17. The molecular weight excluding hydrogens is 290 g/mol. The van der Waals surface area contributed by atoms with Crippen LogP contribution in [0.4, 0.5) is 0 Å². The minimum Gasteiger partial charge on any atom is -0.302 e. The Morgan fingerprint density at radius 1 is 1.14 bits per heavy atom. The van der Waals surface area contributed by atoms with Crippen LogP contribution < -0.4 is 0 Å². The zero-order valence-electron chi connectivity index (χ0n) is 12.9. The van der Waals surface area contributed by atoms with E-state index in [0.29, 0.717) is 5.92 Å². The number of rotatable bonds is 4. The molecule has 2 heterocycles. The Bertz CT molecular complexity index is 617. The molecule has 0 bridgehead atoms. The fraction of sp³-hybridized carbons (Fsp3) is 0.500.